The fourth-order valence-electron chi connectivity index (χ4n) is 3.24. The summed E-state index contributed by atoms with van der Waals surface area (Å²) in [6, 6.07) is 11.4. The molecule has 0 saturated heterocycles. The molecule has 2 aromatic carbocycles. The van der Waals surface area contributed by atoms with Gasteiger partial charge in [0.15, 0.2) is 0 Å². The topological polar surface area (TPSA) is 46.2 Å². The molecule has 1 N–H and O–H groups in total. The Morgan fingerprint density at radius 3 is 2.52 bits per heavy atom. The Balaban J connectivity index is 1.97. The first kappa shape index (κ1) is 16.1. The van der Waals surface area contributed by atoms with Crippen LogP contribution >= 0.6 is 0 Å². The first-order valence-corrected chi connectivity index (χ1v) is 9.72. The van der Waals surface area contributed by atoms with Crippen molar-refractivity contribution in [3.63, 3.8) is 0 Å². The van der Waals surface area contributed by atoms with Crippen LogP contribution in [0.2, 0.25) is 0 Å². The van der Waals surface area contributed by atoms with Crippen molar-refractivity contribution in [2.45, 2.75) is 50.8 Å². The zero-order chi connectivity index (χ0) is 16.4. The summed E-state index contributed by atoms with van der Waals surface area (Å²) in [5, 5.41) is 0. The third-order valence-electron chi connectivity index (χ3n) is 4.61. The molecule has 1 aliphatic carbocycles. The lowest BCUT2D eigenvalue weighted by molar-refractivity contribution is 0.600. The molecular weight excluding hydrogens is 306 g/mol. The lowest BCUT2D eigenvalue weighted by Gasteiger charge is -2.18. The van der Waals surface area contributed by atoms with Gasteiger partial charge in [-0.3, -0.25) is 4.72 Å². The van der Waals surface area contributed by atoms with E-state index in [-0.39, 0.29) is 0 Å². The number of fused-ring (bicyclic) bond motifs is 1. The van der Waals surface area contributed by atoms with Crippen LogP contribution in [0.4, 0.5) is 5.69 Å². The van der Waals surface area contributed by atoms with Gasteiger partial charge >= 0.3 is 0 Å². The zero-order valence-electron chi connectivity index (χ0n) is 13.7. The Hall–Kier alpha value is -1.81. The normalized spacial score (nSPS) is 14.3. The second-order valence-electron chi connectivity index (χ2n) is 6.21. The van der Waals surface area contributed by atoms with E-state index in [1.165, 1.54) is 17.5 Å². The lowest BCUT2D eigenvalue weighted by atomic mass is 9.92. The maximum Gasteiger partial charge on any atom is 0.261 e. The van der Waals surface area contributed by atoms with E-state index in [4.69, 9.17) is 0 Å². The minimum Gasteiger partial charge on any atom is -0.279 e. The Morgan fingerprint density at radius 2 is 1.78 bits per heavy atom. The average molecular weight is 329 g/mol. The molecule has 0 heterocycles. The second-order valence-corrected chi connectivity index (χ2v) is 7.89. The highest BCUT2D eigenvalue weighted by Crippen LogP contribution is 2.27. The first-order valence-electron chi connectivity index (χ1n) is 8.24. The Morgan fingerprint density at radius 1 is 1.04 bits per heavy atom. The van der Waals surface area contributed by atoms with Crippen molar-refractivity contribution in [2.75, 3.05) is 4.72 Å². The maximum absolute atomic E-state index is 12.8. The van der Waals surface area contributed by atoms with Gasteiger partial charge in [0.2, 0.25) is 0 Å². The molecule has 0 bridgehead atoms. The van der Waals surface area contributed by atoms with Crippen molar-refractivity contribution >= 4 is 15.7 Å². The van der Waals surface area contributed by atoms with Crippen LogP contribution in [0.5, 0.6) is 0 Å². The molecule has 2 aromatic rings. The van der Waals surface area contributed by atoms with Gasteiger partial charge in [0.05, 0.1) is 10.6 Å². The van der Waals surface area contributed by atoms with Crippen LogP contribution in [0.15, 0.2) is 41.3 Å². The predicted molar refractivity (Wildman–Crippen MR) is 94.4 cm³/mol. The molecule has 3 rings (SSSR count). The third-order valence-corrected chi connectivity index (χ3v) is 5.95. The lowest BCUT2D eigenvalue weighted by Crippen LogP contribution is -2.16. The predicted octanol–water partition coefficient (Wildman–Crippen LogP) is 4.24. The van der Waals surface area contributed by atoms with Gasteiger partial charge in [-0.15, -0.1) is 0 Å². The van der Waals surface area contributed by atoms with Crippen LogP contribution in [0, 0.1) is 6.92 Å². The third kappa shape index (κ3) is 3.27. The van der Waals surface area contributed by atoms with E-state index >= 15 is 0 Å². The molecule has 4 heteroatoms. The molecule has 3 nitrogen and oxygen atoms in total. The molecule has 23 heavy (non-hydrogen) atoms. The molecule has 0 radical (unpaired) electrons. The molecule has 0 atom stereocenters. The van der Waals surface area contributed by atoms with E-state index < -0.39 is 10.0 Å². The van der Waals surface area contributed by atoms with Crippen LogP contribution in [-0.4, -0.2) is 8.42 Å². The van der Waals surface area contributed by atoms with E-state index in [1.54, 1.807) is 6.07 Å². The first-order chi connectivity index (χ1) is 11.0. The molecule has 0 saturated carbocycles. The molecule has 122 valence electrons. The van der Waals surface area contributed by atoms with Crippen LogP contribution in [0.25, 0.3) is 0 Å². The molecule has 0 aliphatic heterocycles. The van der Waals surface area contributed by atoms with Crippen LogP contribution in [0.1, 0.15) is 42.0 Å². The molecule has 0 fully saturated rings. The highest BCUT2D eigenvalue weighted by molar-refractivity contribution is 7.92. The summed E-state index contributed by atoms with van der Waals surface area (Å²) in [6.45, 7) is 3.97. The zero-order valence-corrected chi connectivity index (χ0v) is 14.5. The van der Waals surface area contributed by atoms with Gasteiger partial charge in [0, 0.05) is 0 Å². The van der Waals surface area contributed by atoms with Crippen LogP contribution in [0.3, 0.4) is 0 Å². The molecule has 0 amide bonds. The number of para-hydroxylation sites is 1. The summed E-state index contributed by atoms with van der Waals surface area (Å²) in [6.07, 6.45) is 5.16. The van der Waals surface area contributed by atoms with Crippen molar-refractivity contribution in [3.8, 4) is 0 Å². The largest absolute Gasteiger partial charge is 0.279 e. The van der Waals surface area contributed by atoms with E-state index in [2.05, 4.69) is 4.72 Å². The number of anilines is 1. The summed E-state index contributed by atoms with van der Waals surface area (Å²) < 4.78 is 28.4. The van der Waals surface area contributed by atoms with Crippen molar-refractivity contribution in [1.29, 1.82) is 0 Å². The summed E-state index contributed by atoms with van der Waals surface area (Å²) in [4.78, 5) is 0.364. The highest BCUT2D eigenvalue weighted by atomic mass is 32.2. The summed E-state index contributed by atoms with van der Waals surface area (Å²) in [5.74, 6) is 0. The van der Waals surface area contributed by atoms with Crippen molar-refractivity contribution < 1.29 is 8.42 Å². The number of rotatable bonds is 4. The van der Waals surface area contributed by atoms with Gasteiger partial charge in [-0.25, -0.2) is 8.42 Å². The number of sulfonamides is 1. The number of nitrogens with one attached hydrogen (secondary N) is 1. The standard InChI is InChI=1S/C19H23NO2S/c1-3-15-10-6-7-14(2)19(15)20-23(21,22)18-12-11-16-8-4-5-9-17(16)13-18/h6-7,10-13,20H,3-5,8-9H2,1-2H3. The Bertz CT molecular complexity index is 825. The Labute approximate surface area is 138 Å². The molecule has 0 unspecified atom stereocenters. The van der Waals surface area contributed by atoms with Gasteiger partial charge in [-0.2, -0.15) is 0 Å². The highest BCUT2D eigenvalue weighted by Gasteiger charge is 2.19. The fourth-order valence-corrected chi connectivity index (χ4v) is 4.46. The minimum atomic E-state index is -3.55. The summed E-state index contributed by atoms with van der Waals surface area (Å²) >= 11 is 0. The van der Waals surface area contributed by atoms with E-state index in [1.807, 2.05) is 44.2 Å². The number of hydrogen-bond acceptors (Lipinski definition) is 2. The van der Waals surface area contributed by atoms with Gasteiger partial charge in [-0.1, -0.05) is 31.2 Å². The fraction of sp³-hybridized carbons (Fsp3) is 0.368. The number of aryl methyl sites for hydroxylation is 4. The van der Waals surface area contributed by atoms with Gasteiger partial charge in [0.25, 0.3) is 10.0 Å². The average Bonchev–Trinajstić information content (AvgIpc) is 2.56. The smallest absolute Gasteiger partial charge is 0.261 e. The molecule has 0 spiro atoms. The van der Waals surface area contributed by atoms with Gasteiger partial charge in [-0.05, 0) is 73.4 Å². The summed E-state index contributed by atoms with van der Waals surface area (Å²) in [5.41, 5.74) is 5.16. The summed E-state index contributed by atoms with van der Waals surface area (Å²) in [7, 11) is -3.55. The molecule has 1 aliphatic rings. The number of hydrogen-bond donors (Lipinski definition) is 1. The second kappa shape index (κ2) is 6.36. The van der Waals surface area contributed by atoms with Crippen LogP contribution < -0.4 is 4.72 Å². The minimum absolute atomic E-state index is 0.364. The van der Waals surface area contributed by atoms with Crippen molar-refractivity contribution in [3.05, 3.63) is 58.7 Å². The van der Waals surface area contributed by atoms with Gasteiger partial charge < -0.3 is 0 Å². The molecular formula is C19H23NO2S. The van der Waals surface area contributed by atoms with E-state index in [0.29, 0.717) is 10.6 Å². The van der Waals surface area contributed by atoms with Crippen LogP contribution in [-0.2, 0) is 29.3 Å². The number of benzene rings is 2. The quantitative estimate of drug-likeness (QED) is 0.912. The SMILES string of the molecule is CCc1cccc(C)c1NS(=O)(=O)c1ccc2c(c1)CCCC2. The van der Waals surface area contributed by atoms with Gasteiger partial charge in [0.1, 0.15) is 0 Å². The maximum atomic E-state index is 12.8. The van der Waals surface area contributed by atoms with E-state index in [0.717, 1.165) is 36.8 Å². The van der Waals surface area contributed by atoms with E-state index in [9.17, 15) is 8.42 Å². The monoisotopic (exact) mass is 329 g/mol. The Kier molecular flexibility index (Phi) is 4.44. The van der Waals surface area contributed by atoms with Crippen molar-refractivity contribution in [1.82, 2.24) is 0 Å². The van der Waals surface area contributed by atoms with Crippen molar-refractivity contribution in [2.24, 2.45) is 0 Å². The molecule has 0 aromatic heterocycles.